The largest absolute Gasteiger partial charge is 0.415 e. The number of carbonyl (C=O) groups is 1. The Labute approximate surface area is 140 Å². The third-order valence-corrected chi connectivity index (χ3v) is 5.00. The molecule has 1 aliphatic heterocycles. The van der Waals surface area contributed by atoms with Crippen molar-refractivity contribution in [2.24, 2.45) is 0 Å². The van der Waals surface area contributed by atoms with Crippen molar-refractivity contribution in [1.82, 2.24) is 4.90 Å². The highest BCUT2D eigenvalue weighted by Crippen LogP contribution is 2.34. The maximum Gasteiger partial charge on any atom is 0.415 e. The number of piperidine rings is 1. The molecule has 5 heteroatoms. The zero-order chi connectivity index (χ0) is 14.8. The van der Waals surface area contributed by atoms with Gasteiger partial charge >= 0.3 is 6.09 Å². The van der Waals surface area contributed by atoms with Gasteiger partial charge in [-0.05, 0) is 64.2 Å². The molecule has 0 saturated carbocycles. The summed E-state index contributed by atoms with van der Waals surface area (Å²) in [5.41, 5.74) is 0. The van der Waals surface area contributed by atoms with Crippen molar-refractivity contribution >= 4 is 48.7 Å². The monoisotopic (exact) mass is 411 g/mol. The summed E-state index contributed by atoms with van der Waals surface area (Å²) in [5, 5.41) is 2.12. The van der Waals surface area contributed by atoms with Crippen molar-refractivity contribution in [1.29, 1.82) is 0 Å². The summed E-state index contributed by atoms with van der Waals surface area (Å²) in [6.45, 7) is 1.58. The Kier molecular flexibility index (Phi) is 4.50. The van der Waals surface area contributed by atoms with E-state index >= 15 is 0 Å². The number of likely N-dealkylation sites (tertiary alicyclic amines) is 1. The highest BCUT2D eigenvalue weighted by molar-refractivity contribution is 9.11. The molecule has 1 aliphatic rings. The smallest absolute Gasteiger partial charge is 0.409 e. The molecule has 0 bridgehead atoms. The van der Waals surface area contributed by atoms with Gasteiger partial charge < -0.3 is 9.64 Å². The first-order valence-corrected chi connectivity index (χ1v) is 8.58. The molecule has 1 saturated heterocycles. The average molecular weight is 413 g/mol. The molecular weight excluding hydrogens is 398 g/mol. The van der Waals surface area contributed by atoms with Gasteiger partial charge in [-0.2, -0.15) is 0 Å². The van der Waals surface area contributed by atoms with Gasteiger partial charge in [0, 0.05) is 17.6 Å². The minimum atomic E-state index is -0.258. The molecule has 1 amide bonds. The number of ether oxygens (including phenoxy) is 1. The van der Waals surface area contributed by atoms with E-state index in [-0.39, 0.29) is 6.09 Å². The van der Waals surface area contributed by atoms with Gasteiger partial charge in [0.25, 0.3) is 0 Å². The van der Waals surface area contributed by atoms with Gasteiger partial charge in [0.1, 0.15) is 5.75 Å². The number of hydrogen-bond acceptors (Lipinski definition) is 2. The van der Waals surface area contributed by atoms with Gasteiger partial charge in [0.2, 0.25) is 0 Å². The molecule has 21 heavy (non-hydrogen) atoms. The predicted octanol–water partition coefficient (Wildman–Crippen LogP) is 5.35. The Morgan fingerprint density at radius 3 is 2.57 bits per heavy atom. The lowest BCUT2D eigenvalue weighted by Crippen LogP contribution is -2.37. The SMILES string of the molecule is O=C(Oc1ccc2cc(Br)ccc2c1Br)N1CCCCC1. The van der Waals surface area contributed by atoms with Crippen LogP contribution >= 0.6 is 31.9 Å². The fraction of sp³-hybridized carbons (Fsp3) is 0.312. The van der Waals surface area contributed by atoms with Crippen LogP contribution in [0.3, 0.4) is 0 Å². The molecule has 1 heterocycles. The zero-order valence-electron chi connectivity index (χ0n) is 11.4. The lowest BCUT2D eigenvalue weighted by molar-refractivity contribution is 0.142. The minimum Gasteiger partial charge on any atom is -0.409 e. The molecule has 110 valence electrons. The maximum absolute atomic E-state index is 12.2. The highest BCUT2D eigenvalue weighted by Gasteiger charge is 2.19. The second-order valence-electron chi connectivity index (χ2n) is 5.16. The topological polar surface area (TPSA) is 29.5 Å². The Morgan fingerprint density at radius 1 is 1.05 bits per heavy atom. The van der Waals surface area contributed by atoms with E-state index in [0.717, 1.165) is 45.6 Å². The van der Waals surface area contributed by atoms with Crippen LogP contribution in [0.15, 0.2) is 39.3 Å². The van der Waals surface area contributed by atoms with E-state index in [0.29, 0.717) is 5.75 Å². The van der Waals surface area contributed by atoms with Crippen LogP contribution in [-0.4, -0.2) is 24.1 Å². The van der Waals surface area contributed by atoms with Gasteiger partial charge in [-0.15, -0.1) is 0 Å². The van der Waals surface area contributed by atoms with Crippen LogP contribution in [-0.2, 0) is 0 Å². The van der Waals surface area contributed by atoms with Crippen LogP contribution < -0.4 is 4.74 Å². The second kappa shape index (κ2) is 6.36. The summed E-state index contributed by atoms with van der Waals surface area (Å²) in [5.74, 6) is 0.570. The van der Waals surface area contributed by atoms with Crippen molar-refractivity contribution in [3.8, 4) is 5.75 Å². The quantitative estimate of drug-likeness (QED) is 0.631. The van der Waals surface area contributed by atoms with Gasteiger partial charge in [0.15, 0.2) is 0 Å². The molecular formula is C16H15Br2NO2. The summed E-state index contributed by atoms with van der Waals surface area (Å²) < 4.78 is 7.40. The Hall–Kier alpha value is -1.07. The van der Waals surface area contributed by atoms with E-state index in [9.17, 15) is 4.79 Å². The minimum absolute atomic E-state index is 0.258. The lowest BCUT2D eigenvalue weighted by atomic mass is 10.1. The summed E-state index contributed by atoms with van der Waals surface area (Å²) >= 11 is 7.01. The van der Waals surface area contributed by atoms with Crippen LogP contribution in [0.5, 0.6) is 5.75 Å². The van der Waals surface area contributed by atoms with Gasteiger partial charge in [-0.25, -0.2) is 4.79 Å². The van der Waals surface area contributed by atoms with Crippen molar-refractivity contribution in [2.75, 3.05) is 13.1 Å². The lowest BCUT2D eigenvalue weighted by Gasteiger charge is -2.25. The van der Waals surface area contributed by atoms with E-state index in [2.05, 4.69) is 31.9 Å². The number of benzene rings is 2. The molecule has 1 fully saturated rings. The van der Waals surface area contributed by atoms with Crippen molar-refractivity contribution in [3.63, 3.8) is 0 Å². The zero-order valence-corrected chi connectivity index (χ0v) is 14.6. The molecule has 2 aromatic carbocycles. The van der Waals surface area contributed by atoms with Crippen LogP contribution in [0.25, 0.3) is 10.8 Å². The van der Waals surface area contributed by atoms with E-state index < -0.39 is 0 Å². The third kappa shape index (κ3) is 3.24. The first kappa shape index (κ1) is 14.9. The highest BCUT2D eigenvalue weighted by atomic mass is 79.9. The van der Waals surface area contributed by atoms with E-state index in [1.54, 1.807) is 4.90 Å². The Bertz CT molecular complexity index is 681. The summed E-state index contributed by atoms with van der Waals surface area (Å²) in [6.07, 6.45) is 3.05. The fourth-order valence-corrected chi connectivity index (χ4v) is 3.51. The number of carbonyl (C=O) groups excluding carboxylic acids is 1. The van der Waals surface area contributed by atoms with Crippen LogP contribution in [0.4, 0.5) is 4.79 Å². The average Bonchev–Trinajstić information content (AvgIpc) is 2.51. The molecule has 0 radical (unpaired) electrons. The maximum atomic E-state index is 12.2. The summed E-state index contributed by atoms with van der Waals surface area (Å²) in [4.78, 5) is 14.0. The van der Waals surface area contributed by atoms with Gasteiger partial charge in [-0.3, -0.25) is 0 Å². The first-order chi connectivity index (χ1) is 10.1. The number of rotatable bonds is 1. The molecule has 2 aromatic rings. The number of amides is 1. The van der Waals surface area contributed by atoms with Crippen LogP contribution in [0.1, 0.15) is 19.3 Å². The molecule has 0 spiro atoms. The van der Waals surface area contributed by atoms with Crippen molar-refractivity contribution < 1.29 is 9.53 Å². The number of hydrogen-bond donors (Lipinski definition) is 0. The second-order valence-corrected chi connectivity index (χ2v) is 6.87. The molecule has 0 atom stereocenters. The summed E-state index contributed by atoms with van der Waals surface area (Å²) in [7, 11) is 0. The van der Waals surface area contributed by atoms with E-state index in [1.807, 2.05) is 30.3 Å². The molecule has 0 aromatic heterocycles. The Morgan fingerprint density at radius 2 is 1.81 bits per heavy atom. The Balaban J connectivity index is 1.85. The number of fused-ring (bicyclic) bond motifs is 1. The molecule has 0 unspecified atom stereocenters. The number of nitrogens with zero attached hydrogens (tertiary/aromatic N) is 1. The molecule has 3 rings (SSSR count). The van der Waals surface area contributed by atoms with E-state index in [4.69, 9.17) is 4.74 Å². The van der Waals surface area contributed by atoms with Crippen LogP contribution in [0, 0.1) is 0 Å². The first-order valence-electron chi connectivity index (χ1n) is 7.00. The van der Waals surface area contributed by atoms with Gasteiger partial charge in [0.05, 0.1) is 4.47 Å². The van der Waals surface area contributed by atoms with Crippen molar-refractivity contribution in [2.45, 2.75) is 19.3 Å². The molecule has 0 N–H and O–H groups in total. The molecule has 3 nitrogen and oxygen atoms in total. The van der Waals surface area contributed by atoms with Gasteiger partial charge in [-0.1, -0.05) is 28.1 Å². The third-order valence-electron chi connectivity index (χ3n) is 3.69. The fourth-order valence-electron chi connectivity index (χ4n) is 2.56. The number of halogens is 2. The molecule has 0 aliphatic carbocycles. The normalized spacial score (nSPS) is 15.2. The van der Waals surface area contributed by atoms with Crippen LogP contribution in [0.2, 0.25) is 0 Å². The predicted molar refractivity (Wildman–Crippen MR) is 90.8 cm³/mol. The standard InChI is InChI=1S/C16H15Br2NO2/c17-12-5-6-13-11(10-12)4-7-14(15(13)18)21-16(20)19-8-2-1-3-9-19/h4-7,10H,1-3,8-9H2. The summed E-state index contributed by atoms with van der Waals surface area (Å²) in [6, 6.07) is 9.81. The van der Waals surface area contributed by atoms with E-state index in [1.165, 1.54) is 6.42 Å². The van der Waals surface area contributed by atoms with Crippen molar-refractivity contribution in [3.05, 3.63) is 39.3 Å².